The highest BCUT2D eigenvalue weighted by molar-refractivity contribution is 5.97. The summed E-state index contributed by atoms with van der Waals surface area (Å²) >= 11 is 0. The van der Waals surface area contributed by atoms with Gasteiger partial charge in [0, 0.05) is 37.1 Å². The number of hydrogen-bond donors (Lipinski definition) is 2. The van der Waals surface area contributed by atoms with E-state index in [2.05, 4.69) is 10.6 Å². The lowest BCUT2D eigenvalue weighted by atomic mass is 10.2. The minimum absolute atomic E-state index is 0.427. The van der Waals surface area contributed by atoms with Crippen molar-refractivity contribution in [3.63, 3.8) is 0 Å². The van der Waals surface area contributed by atoms with E-state index in [-0.39, 0.29) is 0 Å². The van der Waals surface area contributed by atoms with E-state index in [4.69, 9.17) is 0 Å². The van der Waals surface area contributed by atoms with Crippen molar-refractivity contribution in [1.29, 1.82) is 0 Å². The number of nitrogens with one attached hydrogen (secondary N) is 2. The zero-order valence-electron chi connectivity index (χ0n) is 14.0. The molecule has 0 unspecified atom stereocenters. The lowest BCUT2D eigenvalue weighted by Gasteiger charge is -2.08. The lowest BCUT2D eigenvalue weighted by molar-refractivity contribution is -0.385. The van der Waals surface area contributed by atoms with Crippen LogP contribution in [0.2, 0.25) is 0 Å². The SMILES string of the molecule is O=C(CCC(=O)Nc1cc([N+](=O)[O-])ccc1F)Nc1cc([N+](=O)[O-])ccc1F. The predicted molar refractivity (Wildman–Crippen MR) is 92.6 cm³/mol. The normalized spacial score (nSPS) is 10.2. The summed E-state index contributed by atoms with van der Waals surface area (Å²) in [6.07, 6.45) is -0.880. The fourth-order valence-electron chi connectivity index (χ4n) is 2.10. The van der Waals surface area contributed by atoms with Crippen molar-refractivity contribution in [2.75, 3.05) is 10.6 Å². The number of anilines is 2. The van der Waals surface area contributed by atoms with Crippen LogP contribution in [0.5, 0.6) is 0 Å². The zero-order valence-corrected chi connectivity index (χ0v) is 14.0. The number of non-ortho nitro benzene ring substituents is 2. The third-order valence-corrected chi connectivity index (χ3v) is 3.45. The Hall–Kier alpha value is -3.96. The largest absolute Gasteiger partial charge is 0.323 e. The van der Waals surface area contributed by atoms with Gasteiger partial charge in [0.15, 0.2) is 0 Å². The Kier molecular flexibility index (Phi) is 6.26. The summed E-state index contributed by atoms with van der Waals surface area (Å²) in [6, 6.07) is 5.12. The highest BCUT2D eigenvalue weighted by atomic mass is 19.1. The van der Waals surface area contributed by atoms with Crippen LogP contribution >= 0.6 is 0 Å². The van der Waals surface area contributed by atoms with Crippen molar-refractivity contribution in [2.45, 2.75) is 12.8 Å². The summed E-state index contributed by atoms with van der Waals surface area (Å²) in [5.74, 6) is -3.42. The molecule has 12 heteroatoms. The van der Waals surface area contributed by atoms with Gasteiger partial charge in [0.2, 0.25) is 11.8 Å². The first-order chi connectivity index (χ1) is 13.2. The molecule has 0 saturated carbocycles. The molecule has 0 aliphatic rings. The maximum absolute atomic E-state index is 13.6. The molecule has 2 aromatic carbocycles. The summed E-state index contributed by atoms with van der Waals surface area (Å²) in [5.41, 5.74) is -1.72. The number of nitrogens with zero attached hydrogens (tertiary/aromatic N) is 2. The molecular formula is C16H12F2N4O6. The standard InChI is InChI=1S/C16H12F2N4O6/c17-11-3-1-9(21(25)26)7-13(11)19-15(23)5-6-16(24)20-14-8-10(22(27)28)2-4-12(14)18/h1-4,7-8H,5-6H2,(H,19,23)(H,20,24). The molecule has 2 amide bonds. The summed E-state index contributed by atoms with van der Waals surface area (Å²) in [4.78, 5) is 43.5. The number of benzene rings is 2. The molecule has 2 rings (SSSR count). The van der Waals surface area contributed by atoms with Crippen molar-refractivity contribution >= 4 is 34.6 Å². The molecule has 0 saturated heterocycles. The molecule has 0 spiro atoms. The van der Waals surface area contributed by atoms with E-state index in [1.54, 1.807) is 0 Å². The third-order valence-electron chi connectivity index (χ3n) is 3.45. The predicted octanol–water partition coefficient (Wildman–Crippen LogP) is 3.14. The van der Waals surface area contributed by atoms with E-state index in [1.807, 2.05) is 0 Å². The Labute approximate surface area is 155 Å². The van der Waals surface area contributed by atoms with Gasteiger partial charge in [0.25, 0.3) is 11.4 Å². The third kappa shape index (κ3) is 5.27. The van der Waals surface area contributed by atoms with Crippen LogP contribution < -0.4 is 10.6 Å². The Morgan fingerprint density at radius 1 is 0.786 bits per heavy atom. The number of hydrogen-bond acceptors (Lipinski definition) is 6. The van der Waals surface area contributed by atoms with Crippen LogP contribution in [-0.4, -0.2) is 21.7 Å². The second-order valence-corrected chi connectivity index (χ2v) is 5.44. The molecule has 0 atom stereocenters. The van der Waals surface area contributed by atoms with Crippen molar-refractivity contribution < 1.29 is 28.2 Å². The van der Waals surface area contributed by atoms with Gasteiger partial charge in [0.1, 0.15) is 11.6 Å². The topological polar surface area (TPSA) is 144 Å². The summed E-state index contributed by atoms with van der Waals surface area (Å²) < 4.78 is 27.2. The van der Waals surface area contributed by atoms with Crippen molar-refractivity contribution in [3.05, 3.63) is 68.3 Å². The van der Waals surface area contributed by atoms with E-state index >= 15 is 0 Å². The van der Waals surface area contributed by atoms with Crippen LogP contribution in [0.15, 0.2) is 36.4 Å². The maximum atomic E-state index is 13.6. The van der Waals surface area contributed by atoms with Gasteiger partial charge in [-0.05, 0) is 12.1 Å². The first-order valence-corrected chi connectivity index (χ1v) is 7.65. The van der Waals surface area contributed by atoms with Gasteiger partial charge in [0.05, 0.1) is 21.2 Å². The second kappa shape index (κ2) is 8.62. The van der Waals surface area contributed by atoms with Crippen LogP contribution in [-0.2, 0) is 9.59 Å². The van der Waals surface area contributed by atoms with Gasteiger partial charge in [-0.15, -0.1) is 0 Å². The van der Waals surface area contributed by atoms with E-state index in [0.29, 0.717) is 0 Å². The molecular weight excluding hydrogens is 382 g/mol. The Balaban J connectivity index is 1.95. The fraction of sp³-hybridized carbons (Fsp3) is 0.125. The molecule has 10 nitrogen and oxygen atoms in total. The number of carbonyl (C=O) groups excluding carboxylic acids is 2. The number of nitro benzene ring substituents is 2. The van der Waals surface area contributed by atoms with E-state index in [0.717, 1.165) is 36.4 Å². The van der Waals surface area contributed by atoms with Crippen LogP contribution in [0.1, 0.15) is 12.8 Å². The fourth-order valence-corrected chi connectivity index (χ4v) is 2.10. The first kappa shape index (κ1) is 20.4. The smallest absolute Gasteiger partial charge is 0.271 e. The lowest BCUT2D eigenvalue weighted by Crippen LogP contribution is -2.18. The number of amides is 2. The average Bonchev–Trinajstić information content (AvgIpc) is 2.63. The van der Waals surface area contributed by atoms with Gasteiger partial charge < -0.3 is 10.6 Å². The van der Waals surface area contributed by atoms with Crippen LogP contribution in [0.3, 0.4) is 0 Å². The minimum atomic E-state index is -0.901. The molecule has 0 aromatic heterocycles. The highest BCUT2D eigenvalue weighted by Crippen LogP contribution is 2.23. The van der Waals surface area contributed by atoms with Crippen molar-refractivity contribution in [1.82, 2.24) is 0 Å². The van der Waals surface area contributed by atoms with E-state index in [1.165, 1.54) is 0 Å². The molecule has 0 radical (unpaired) electrons. The van der Waals surface area contributed by atoms with Crippen LogP contribution in [0.25, 0.3) is 0 Å². The number of carbonyl (C=O) groups is 2. The van der Waals surface area contributed by atoms with Gasteiger partial charge in [-0.25, -0.2) is 8.78 Å². The maximum Gasteiger partial charge on any atom is 0.271 e. The molecule has 2 aromatic rings. The summed E-state index contributed by atoms with van der Waals surface area (Å²) in [7, 11) is 0. The van der Waals surface area contributed by atoms with E-state index < -0.39 is 68.9 Å². The second-order valence-electron chi connectivity index (χ2n) is 5.44. The zero-order chi connectivity index (χ0) is 20.8. The Bertz CT molecular complexity index is 889. The molecule has 0 fully saturated rings. The van der Waals surface area contributed by atoms with Crippen LogP contribution in [0, 0.1) is 31.9 Å². The summed E-state index contributed by atoms with van der Waals surface area (Å²) in [5, 5.41) is 25.6. The molecule has 0 aliphatic carbocycles. The van der Waals surface area contributed by atoms with Gasteiger partial charge in [-0.1, -0.05) is 0 Å². The molecule has 0 aliphatic heterocycles. The Morgan fingerprint density at radius 2 is 1.14 bits per heavy atom. The Morgan fingerprint density at radius 3 is 1.46 bits per heavy atom. The molecule has 0 heterocycles. The molecule has 0 bridgehead atoms. The van der Waals surface area contributed by atoms with Gasteiger partial charge in [-0.2, -0.15) is 0 Å². The summed E-state index contributed by atoms with van der Waals surface area (Å²) in [6.45, 7) is 0. The average molecular weight is 394 g/mol. The molecule has 2 N–H and O–H groups in total. The van der Waals surface area contributed by atoms with Crippen LogP contribution in [0.4, 0.5) is 31.5 Å². The number of rotatable bonds is 7. The quantitative estimate of drug-likeness (QED) is 0.545. The van der Waals surface area contributed by atoms with Gasteiger partial charge in [-0.3, -0.25) is 29.8 Å². The molecule has 146 valence electrons. The van der Waals surface area contributed by atoms with E-state index in [9.17, 15) is 38.6 Å². The van der Waals surface area contributed by atoms with Gasteiger partial charge >= 0.3 is 0 Å². The number of nitro groups is 2. The highest BCUT2D eigenvalue weighted by Gasteiger charge is 2.16. The number of halogens is 2. The minimum Gasteiger partial charge on any atom is -0.323 e. The first-order valence-electron chi connectivity index (χ1n) is 7.65. The monoisotopic (exact) mass is 394 g/mol. The van der Waals surface area contributed by atoms with Crippen molar-refractivity contribution in [2.24, 2.45) is 0 Å². The molecule has 28 heavy (non-hydrogen) atoms. The van der Waals surface area contributed by atoms with Crippen molar-refractivity contribution in [3.8, 4) is 0 Å².